The number of nitrogens with one attached hydrogen (secondary N) is 1. The first-order chi connectivity index (χ1) is 13.0. The van der Waals surface area contributed by atoms with Gasteiger partial charge in [-0.1, -0.05) is 68.4 Å². The first-order valence-corrected chi connectivity index (χ1v) is 9.15. The van der Waals surface area contributed by atoms with Gasteiger partial charge in [0, 0.05) is 25.5 Å². The monoisotopic (exact) mass is 359 g/mol. The molecule has 0 bridgehead atoms. The van der Waals surface area contributed by atoms with Crippen LogP contribution < -0.4 is 5.32 Å². The van der Waals surface area contributed by atoms with Gasteiger partial charge in [-0.25, -0.2) is 4.98 Å². The van der Waals surface area contributed by atoms with Crippen LogP contribution in [0.15, 0.2) is 73.1 Å². The molecule has 0 aliphatic carbocycles. The summed E-state index contributed by atoms with van der Waals surface area (Å²) in [5.41, 5.74) is 3.29. The molecule has 0 aliphatic rings. The van der Waals surface area contributed by atoms with E-state index in [-0.39, 0.29) is 11.9 Å². The van der Waals surface area contributed by atoms with E-state index in [1.165, 1.54) is 5.56 Å². The van der Waals surface area contributed by atoms with Gasteiger partial charge in [-0.3, -0.25) is 4.79 Å². The van der Waals surface area contributed by atoms with Crippen LogP contribution >= 0.6 is 0 Å². The van der Waals surface area contributed by atoms with Gasteiger partial charge in [0.15, 0.2) is 0 Å². The Kier molecular flexibility index (Phi) is 5.87. The van der Waals surface area contributed by atoms with Gasteiger partial charge in [-0.15, -0.1) is 0 Å². The van der Waals surface area contributed by atoms with E-state index in [1.807, 2.05) is 66.4 Å². The number of carbonyl (C=O) groups excluding carboxylic acids is 1. The average Bonchev–Trinajstić information content (AvgIpc) is 3.11. The molecule has 1 heterocycles. The Hall–Kier alpha value is -3.14. The molecule has 1 aromatic heterocycles. The SMILES string of the molecule is CC(C)c1ccc(/C=C/C(=O)NC(c2ccccc2)c2nccn2C)cc1. The van der Waals surface area contributed by atoms with Crippen LogP contribution in [0.4, 0.5) is 0 Å². The first-order valence-electron chi connectivity index (χ1n) is 9.15. The van der Waals surface area contributed by atoms with Crippen LogP contribution in [0.3, 0.4) is 0 Å². The molecule has 0 radical (unpaired) electrons. The Morgan fingerprint density at radius 2 is 1.74 bits per heavy atom. The van der Waals surface area contributed by atoms with E-state index in [2.05, 4.69) is 36.3 Å². The highest BCUT2D eigenvalue weighted by atomic mass is 16.1. The van der Waals surface area contributed by atoms with Crippen molar-refractivity contribution in [2.45, 2.75) is 25.8 Å². The summed E-state index contributed by atoms with van der Waals surface area (Å²) in [5, 5.41) is 3.07. The highest BCUT2D eigenvalue weighted by Gasteiger charge is 2.19. The molecular formula is C23H25N3O. The molecule has 1 unspecified atom stereocenters. The van der Waals surface area contributed by atoms with Crippen molar-refractivity contribution in [3.63, 3.8) is 0 Å². The van der Waals surface area contributed by atoms with E-state index < -0.39 is 0 Å². The van der Waals surface area contributed by atoms with E-state index in [0.717, 1.165) is 17.0 Å². The van der Waals surface area contributed by atoms with Gasteiger partial charge >= 0.3 is 0 Å². The van der Waals surface area contributed by atoms with Crippen LogP contribution in [0, 0.1) is 0 Å². The fourth-order valence-corrected chi connectivity index (χ4v) is 2.95. The van der Waals surface area contributed by atoms with Crippen LogP contribution in [0.25, 0.3) is 6.08 Å². The Labute approximate surface area is 160 Å². The number of carbonyl (C=O) groups is 1. The zero-order valence-electron chi connectivity index (χ0n) is 16.0. The summed E-state index contributed by atoms with van der Waals surface area (Å²) in [4.78, 5) is 17.0. The Balaban J connectivity index is 1.76. The second-order valence-corrected chi connectivity index (χ2v) is 6.90. The molecule has 1 amide bonds. The molecular weight excluding hydrogens is 334 g/mol. The normalized spacial score (nSPS) is 12.4. The van der Waals surface area contributed by atoms with Gasteiger partial charge in [-0.2, -0.15) is 0 Å². The molecule has 138 valence electrons. The van der Waals surface area contributed by atoms with Crippen LogP contribution in [-0.4, -0.2) is 15.5 Å². The summed E-state index contributed by atoms with van der Waals surface area (Å²) in [6.45, 7) is 4.33. The van der Waals surface area contributed by atoms with Crippen molar-refractivity contribution in [2.24, 2.45) is 7.05 Å². The lowest BCUT2D eigenvalue weighted by molar-refractivity contribution is -0.117. The van der Waals surface area contributed by atoms with Crippen LogP contribution in [-0.2, 0) is 11.8 Å². The van der Waals surface area contributed by atoms with Gasteiger partial charge in [0.05, 0.1) is 0 Å². The highest BCUT2D eigenvalue weighted by molar-refractivity contribution is 5.92. The maximum atomic E-state index is 12.5. The van der Waals surface area contributed by atoms with Crippen molar-refractivity contribution < 1.29 is 4.79 Å². The second-order valence-electron chi connectivity index (χ2n) is 6.90. The first kappa shape index (κ1) is 18.6. The second kappa shape index (κ2) is 8.49. The maximum absolute atomic E-state index is 12.5. The number of amides is 1. The molecule has 4 heteroatoms. The largest absolute Gasteiger partial charge is 0.339 e. The average molecular weight is 359 g/mol. The molecule has 4 nitrogen and oxygen atoms in total. The predicted octanol–water partition coefficient (Wildman–Crippen LogP) is 4.46. The molecule has 0 aliphatic heterocycles. The molecule has 0 fully saturated rings. The van der Waals surface area contributed by atoms with E-state index in [0.29, 0.717) is 5.92 Å². The van der Waals surface area contributed by atoms with Gasteiger partial charge in [0.2, 0.25) is 5.91 Å². The third-order valence-corrected chi connectivity index (χ3v) is 4.57. The number of hydrogen-bond donors (Lipinski definition) is 1. The van der Waals surface area contributed by atoms with Crippen molar-refractivity contribution in [3.8, 4) is 0 Å². The van der Waals surface area contributed by atoms with Gasteiger partial charge in [0.25, 0.3) is 0 Å². The number of hydrogen-bond acceptors (Lipinski definition) is 2. The smallest absolute Gasteiger partial charge is 0.244 e. The van der Waals surface area contributed by atoms with Crippen molar-refractivity contribution in [1.82, 2.24) is 14.9 Å². The summed E-state index contributed by atoms with van der Waals surface area (Å²) < 4.78 is 1.92. The predicted molar refractivity (Wildman–Crippen MR) is 109 cm³/mol. The number of imidazole rings is 1. The number of nitrogens with zero attached hydrogens (tertiary/aromatic N) is 2. The number of rotatable bonds is 6. The molecule has 3 rings (SSSR count). The quantitative estimate of drug-likeness (QED) is 0.661. The maximum Gasteiger partial charge on any atom is 0.244 e. The lowest BCUT2D eigenvalue weighted by Gasteiger charge is -2.18. The zero-order chi connectivity index (χ0) is 19.2. The Bertz CT molecular complexity index is 908. The van der Waals surface area contributed by atoms with Crippen molar-refractivity contribution >= 4 is 12.0 Å². The molecule has 0 saturated heterocycles. The van der Waals surface area contributed by atoms with Gasteiger partial charge in [0.1, 0.15) is 11.9 Å². The molecule has 27 heavy (non-hydrogen) atoms. The zero-order valence-corrected chi connectivity index (χ0v) is 16.0. The summed E-state index contributed by atoms with van der Waals surface area (Å²) >= 11 is 0. The summed E-state index contributed by atoms with van der Waals surface area (Å²) in [6.07, 6.45) is 7.02. The fourth-order valence-electron chi connectivity index (χ4n) is 2.95. The summed E-state index contributed by atoms with van der Waals surface area (Å²) in [6, 6.07) is 17.8. The van der Waals surface area contributed by atoms with Gasteiger partial charge in [-0.05, 0) is 28.7 Å². The number of benzene rings is 2. The third kappa shape index (κ3) is 4.73. The Morgan fingerprint density at radius 1 is 1.04 bits per heavy atom. The lowest BCUT2D eigenvalue weighted by atomic mass is 10.0. The van der Waals surface area contributed by atoms with E-state index >= 15 is 0 Å². The lowest BCUT2D eigenvalue weighted by Crippen LogP contribution is -2.29. The standard InChI is InChI=1S/C23H25N3O/c1-17(2)19-12-9-18(10-13-19)11-14-21(27)25-22(20-7-5-4-6-8-20)23-24-15-16-26(23)3/h4-17,22H,1-3H3,(H,25,27)/b14-11+. The Morgan fingerprint density at radius 3 is 2.33 bits per heavy atom. The summed E-state index contributed by atoms with van der Waals surface area (Å²) in [7, 11) is 1.93. The molecule has 2 aromatic carbocycles. The number of aromatic nitrogens is 2. The van der Waals surface area contributed by atoms with E-state index in [4.69, 9.17) is 0 Å². The highest BCUT2D eigenvalue weighted by Crippen LogP contribution is 2.20. The van der Waals surface area contributed by atoms with Crippen molar-refractivity contribution in [1.29, 1.82) is 0 Å². The minimum atomic E-state index is -0.299. The topological polar surface area (TPSA) is 46.9 Å². The van der Waals surface area contributed by atoms with Crippen LogP contribution in [0.1, 0.15) is 48.3 Å². The molecule has 0 spiro atoms. The fraction of sp³-hybridized carbons (Fsp3) is 0.217. The van der Waals surface area contributed by atoms with Crippen LogP contribution in [0.2, 0.25) is 0 Å². The van der Waals surface area contributed by atoms with E-state index in [1.54, 1.807) is 12.3 Å². The minimum Gasteiger partial charge on any atom is -0.339 e. The molecule has 1 N–H and O–H groups in total. The molecule has 1 atom stereocenters. The number of aryl methyl sites for hydroxylation is 1. The van der Waals surface area contributed by atoms with Crippen LogP contribution in [0.5, 0.6) is 0 Å². The van der Waals surface area contributed by atoms with Crippen molar-refractivity contribution in [3.05, 3.63) is 95.6 Å². The summed E-state index contributed by atoms with van der Waals surface area (Å²) in [5.74, 6) is 1.14. The molecule has 0 saturated carbocycles. The van der Waals surface area contributed by atoms with Gasteiger partial charge < -0.3 is 9.88 Å². The third-order valence-electron chi connectivity index (χ3n) is 4.57. The van der Waals surface area contributed by atoms with E-state index in [9.17, 15) is 4.79 Å². The van der Waals surface area contributed by atoms with Crippen molar-refractivity contribution in [2.75, 3.05) is 0 Å². The molecule has 3 aromatic rings. The minimum absolute atomic E-state index is 0.153.